The molecule has 0 unspecified atom stereocenters. The van der Waals surface area contributed by atoms with Crippen LogP contribution in [0.4, 0.5) is 5.88 Å². The molecule has 22 heavy (non-hydrogen) atoms. The van der Waals surface area contributed by atoms with Crippen molar-refractivity contribution in [3.63, 3.8) is 0 Å². The van der Waals surface area contributed by atoms with Crippen molar-refractivity contribution in [3.05, 3.63) is 22.6 Å². The van der Waals surface area contributed by atoms with Gasteiger partial charge in [0.15, 0.2) is 0 Å². The highest BCUT2D eigenvalue weighted by Crippen LogP contribution is 2.32. The summed E-state index contributed by atoms with van der Waals surface area (Å²) in [5.74, 6) is -0.0844. The molecular formula is C16H21N3O2S. The van der Waals surface area contributed by atoms with E-state index in [0.29, 0.717) is 11.3 Å². The summed E-state index contributed by atoms with van der Waals surface area (Å²) in [5.41, 5.74) is 6.75. The van der Waals surface area contributed by atoms with Crippen molar-refractivity contribution in [1.29, 1.82) is 0 Å². The van der Waals surface area contributed by atoms with E-state index in [9.17, 15) is 4.79 Å². The summed E-state index contributed by atoms with van der Waals surface area (Å²) < 4.78 is 5.07. The number of nitrogen functional groups attached to an aromatic ring is 1. The quantitative estimate of drug-likeness (QED) is 0.844. The third-order valence-electron chi connectivity index (χ3n) is 4.11. The molecule has 3 rings (SSSR count). The molecule has 2 heterocycles. The van der Waals surface area contributed by atoms with Crippen LogP contribution in [-0.4, -0.2) is 17.1 Å². The first-order valence-electron chi connectivity index (χ1n) is 7.78. The van der Waals surface area contributed by atoms with Crippen molar-refractivity contribution in [2.24, 2.45) is 0 Å². The van der Waals surface area contributed by atoms with Gasteiger partial charge in [0.05, 0.1) is 4.88 Å². The summed E-state index contributed by atoms with van der Waals surface area (Å²) in [6.45, 7) is 2.02. The SMILES string of the molecule is Cc1ccc(-c2noc(N)c2C(=O)NC2CCCCCC2)s1. The highest BCUT2D eigenvalue weighted by molar-refractivity contribution is 7.15. The number of amides is 1. The number of nitrogens with zero attached hydrogens (tertiary/aromatic N) is 1. The molecule has 6 heteroatoms. The van der Waals surface area contributed by atoms with Crippen molar-refractivity contribution in [2.75, 3.05) is 5.73 Å². The number of rotatable bonds is 3. The Morgan fingerprint density at radius 3 is 2.68 bits per heavy atom. The molecule has 2 aromatic heterocycles. The second-order valence-corrected chi connectivity index (χ2v) is 7.13. The van der Waals surface area contributed by atoms with E-state index in [1.807, 2.05) is 19.1 Å². The predicted octanol–water partition coefficient (Wildman–Crippen LogP) is 3.75. The standard InChI is InChI=1S/C16H21N3O2S/c1-10-8-9-12(22-10)14-13(15(17)21-19-14)16(20)18-11-6-4-2-3-5-7-11/h8-9,11H,2-7,17H2,1H3,(H,18,20). The number of thiophene rings is 1. The highest BCUT2D eigenvalue weighted by Gasteiger charge is 2.25. The Labute approximate surface area is 133 Å². The summed E-state index contributed by atoms with van der Waals surface area (Å²) in [4.78, 5) is 14.7. The van der Waals surface area contributed by atoms with Crippen LogP contribution in [-0.2, 0) is 0 Å². The van der Waals surface area contributed by atoms with Gasteiger partial charge in [-0.25, -0.2) is 0 Å². The Morgan fingerprint density at radius 1 is 1.32 bits per heavy atom. The lowest BCUT2D eigenvalue weighted by Gasteiger charge is -2.15. The molecule has 2 aromatic rings. The molecule has 1 aliphatic rings. The molecule has 1 saturated carbocycles. The van der Waals surface area contributed by atoms with E-state index in [0.717, 1.165) is 22.6 Å². The van der Waals surface area contributed by atoms with E-state index in [1.165, 1.54) is 25.7 Å². The summed E-state index contributed by atoms with van der Waals surface area (Å²) in [6, 6.07) is 4.17. The molecule has 0 atom stereocenters. The molecule has 1 amide bonds. The highest BCUT2D eigenvalue weighted by atomic mass is 32.1. The van der Waals surface area contributed by atoms with E-state index in [-0.39, 0.29) is 17.8 Å². The second kappa shape index (κ2) is 6.52. The minimum absolute atomic E-state index is 0.0900. The molecule has 3 N–H and O–H groups in total. The number of anilines is 1. The molecule has 1 fully saturated rings. The van der Waals surface area contributed by atoms with Crippen LogP contribution in [0.25, 0.3) is 10.6 Å². The largest absolute Gasteiger partial charge is 0.367 e. The van der Waals surface area contributed by atoms with E-state index in [2.05, 4.69) is 10.5 Å². The molecular weight excluding hydrogens is 298 g/mol. The topological polar surface area (TPSA) is 81.2 Å². The van der Waals surface area contributed by atoms with Crippen molar-refractivity contribution < 1.29 is 9.32 Å². The van der Waals surface area contributed by atoms with Crippen LogP contribution in [0.5, 0.6) is 0 Å². The maximum absolute atomic E-state index is 12.6. The van der Waals surface area contributed by atoms with Gasteiger partial charge in [-0.1, -0.05) is 30.8 Å². The van der Waals surface area contributed by atoms with Crippen LogP contribution < -0.4 is 11.1 Å². The summed E-state index contributed by atoms with van der Waals surface area (Å²) in [7, 11) is 0. The van der Waals surface area contributed by atoms with Gasteiger partial charge in [0.2, 0.25) is 5.88 Å². The van der Waals surface area contributed by atoms with Crippen molar-refractivity contribution in [1.82, 2.24) is 10.5 Å². The number of aromatic nitrogens is 1. The zero-order valence-electron chi connectivity index (χ0n) is 12.7. The minimum atomic E-state index is -0.174. The van der Waals surface area contributed by atoms with Crippen LogP contribution in [0.15, 0.2) is 16.7 Å². The minimum Gasteiger partial charge on any atom is -0.367 e. The lowest BCUT2D eigenvalue weighted by atomic mass is 10.1. The van der Waals surface area contributed by atoms with Crippen LogP contribution in [0, 0.1) is 6.92 Å². The average Bonchev–Trinajstić information content (AvgIpc) is 2.98. The molecule has 118 valence electrons. The van der Waals surface area contributed by atoms with Crippen molar-refractivity contribution in [3.8, 4) is 10.6 Å². The van der Waals surface area contributed by atoms with Gasteiger partial charge in [-0.3, -0.25) is 4.79 Å². The lowest BCUT2D eigenvalue weighted by molar-refractivity contribution is 0.0934. The number of carbonyl (C=O) groups is 1. The maximum atomic E-state index is 12.6. The number of nitrogens with two attached hydrogens (primary N) is 1. The van der Waals surface area contributed by atoms with E-state index < -0.39 is 0 Å². The molecule has 0 saturated heterocycles. The van der Waals surface area contributed by atoms with Crippen LogP contribution in [0.3, 0.4) is 0 Å². The Morgan fingerprint density at radius 2 is 2.05 bits per heavy atom. The van der Waals surface area contributed by atoms with Gasteiger partial charge in [0.1, 0.15) is 11.3 Å². The number of nitrogens with one attached hydrogen (secondary N) is 1. The third kappa shape index (κ3) is 3.16. The first-order valence-corrected chi connectivity index (χ1v) is 8.59. The maximum Gasteiger partial charge on any atom is 0.259 e. The van der Waals surface area contributed by atoms with Gasteiger partial charge in [0, 0.05) is 10.9 Å². The number of aryl methyl sites for hydroxylation is 1. The Balaban J connectivity index is 1.81. The lowest BCUT2D eigenvalue weighted by Crippen LogP contribution is -2.34. The summed E-state index contributed by atoms with van der Waals surface area (Å²) >= 11 is 1.58. The number of hydrogen-bond acceptors (Lipinski definition) is 5. The molecule has 0 aliphatic heterocycles. The molecule has 1 aliphatic carbocycles. The molecule has 5 nitrogen and oxygen atoms in total. The zero-order valence-corrected chi connectivity index (χ0v) is 13.5. The second-order valence-electron chi connectivity index (χ2n) is 5.84. The van der Waals surface area contributed by atoms with Crippen LogP contribution in [0.1, 0.15) is 53.8 Å². The first-order chi connectivity index (χ1) is 10.6. The van der Waals surface area contributed by atoms with Gasteiger partial charge < -0.3 is 15.6 Å². The Kier molecular flexibility index (Phi) is 4.47. The fourth-order valence-electron chi connectivity index (χ4n) is 2.93. The fraction of sp³-hybridized carbons (Fsp3) is 0.500. The first kappa shape index (κ1) is 15.1. The fourth-order valence-corrected chi connectivity index (χ4v) is 3.79. The average molecular weight is 319 g/mol. The van der Waals surface area contributed by atoms with Crippen molar-refractivity contribution >= 4 is 23.1 Å². The van der Waals surface area contributed by atoms with E-state index in [4.69, 9.17) is 10.3 Å². The normalized spacial score (nSPS) is 16.4. The van der Waals surface area contributed by atoms with Crippen LogP contribution >= 0.6 is 11.3 Å². The molecule has 0 aromatic carbocycles. The zero-order chi connectivity index (χ0) is 15.5. The monoisotopic (exact) mass is 319 g/mol. The van der Waals surface area contributed by atoms with Gasteiger partial charge >= 0.3 is 0 Å². The Bertz CT molecular complexity index is 654. The molecule has 0 spiro atoms. The Hall–Kier alpha value is -1.82. The van der Waals surface area contributed by atoms with E-state index in [1.54, 1.807) is 11.3 Å². The third-order valence-corrected chi connectivity index (χ3v) is 5.12. The van der Waals surface area contributed by atoms with Gasteiger partial charge in [0.25, 0.3) is 5.91 Å². The van der Waals surface area contributed by atoms with Crippen LogP contribution in [0.2, 0.25) is 0 Å². The predicted molar refractivity (Wildman–Crippen MR) is 87.9 cm³/mol. The number of hydrogen-bond donors (Lipinski definition) is 2. The summed E-state index contributed by atoms with van der Waals surface area (Å²) in [6.07, 6.45) is 6.90. The molecule has 0 bridgehead atoms. The summed E-state index contributed by atoms with van der Waals surface area (Å²) in [5, 5.41) is 7.09. The smallest absolute Gasteiger partial charge is 0.259 e. The van der Waals surface area contributed by atoms with Gasteiger partial charge in [-0.2, -0.15) is 0 Å². The van der Waals surface area contributed by atoms with Crippen molar-refractivity contribution in [2.45, 2.75) is 51.5 Å². The van der Waals surface area contributed by atoms with E-state index >= 15 is 0 Å². The molecule has 0 radical (unpaired) electrons. The van der Waals surface area contributed by atoms with Gasteiger partial charge in [-0.15, -0.1) is 11.3 Å². The number of carbonyl (C=O) groups excluding carboxylic acids is 1. The van der Waals surface area contributed by atoms with Gasteiger partial charge in [-0.05, 0) is 31.9 Å².